The van der Waals surface area contributed by atoms with Crippen LogP contribution in [0.15, 0.2) is 22.7 Å². The Balaban J connectivity index is 1.72. The number of Topliss-reactive ketones (excluding diaryl/α,β-unsaturated/α-hetero) is 1. The summed E-state index contributed by atoms with van der Waals surface area (Å²) >= 11 is 0. The molecule has 3 rings (SSSR count). The molecular weight excluding hydrogens is 408 g/mol. The summed E-state index contributed by atoms with van der Waals surface area (Å²) in [7, 11) is 0. The molecule has 3 aromatic rings. The van der Waals surface area contributed by atoms with Gasteiger partial charge in [0, 0.05) is 6.20 Å². The number of ketones is 1. The van der Waals surface area contributed by atoms with Crippen LogP contribution >= 0.6 is 0 Å². The number of carbonyl (C=O) groups is 4. The fraction of sp³-hybridized carbons (Fsp3) is 0.300. The second-order valence-corrected chi connectivity index (χ2v) is 6.53. The minimum Gasteiger partial charge on any atom is -0.462 e. The summed E-state index contributed by atoms with van der Waals surface area (Å²) in [5.74, 6) is -2.24. The maximum absolute atomic E-state index is 12.3. The molecule has 0 aromatic carbocycles. The number of furan rings is 1. The summed E-state index contributed by atoms with van der Waals surface area (Å²) in [6, 6.07) is 3.09. The first-order valence-electron chi connectivity index (χ1n) is 9.32. The third-order valence-corrected chi connectivity index (χ3v) is 4.31. The first kappa shape index (κ1) is 21.7. The molecule has 0 saturated carbocycles. The summed E-state index contributed by atoms with van der Waals surface area (Å²) in [4.78, 5) is 48.7. The van der Waals surface area contributed by atoms with Gasteiger partial charge in [-0.3, -0.25) is 19.3 Å². The normalized spacial score (nSPS) is 10.7. The number of ether oxygens (including phenoxy) is 2. The van der Waals surface area contributed by atoms with E-state index in [0.717, 1.165) is 0 Å². The van der Waals surface area contributed by atoms with Crippen LogP contribution in [0.25, 0.3) is 5.65 Å². The molecule has 0 saturated heterocycles. The van der Waals surface area contributed by atoms with Crippen molar-refractivity contribution in [1.82, 2.24) is 14.6 Å². The minimum atomic E-state index is -0.811. The van der Waals surface area contributed by atoms with Crippen LogP contribution in [0.4, 0.5) is 5.88 Å². The van der Waals surface area contributed by atoms with Crippen molar-refractivity contribution < 1.29 is 33.1 Å². The summed E-state index contributed by atoms with van der Waals surface area (Å²) in [6.45, 7) is 5.51. The van der Waals surface area contributed by atoms with Crippen molar-refractivity contribution in [3.63, 3.8) is 0 Å². The summed E-state index contributed by atoms with van der Waals surface area (Å²) < 4.78 is 17.0. The van der Waals surface area contributed by atoms with Gasteiger partial charge >= 0.3 is 11.9 Å². The minimum absolute atomic E-state index is 0.0170. The number of amides is 1. The van der Waals surface area contributed by atoms with Crippen molar-refractivity contribution in [3.8, 4) is 0 Å². The lowest BCUT2D eigenvalue weighted by atomic mass is 10.1. The molecule has 3 aromatic heterocycles. The smallest absolute Gasteiger partial charge is 0.344 e. The molecule has 0 radical (unpaired) electrons. The van der Waals surface area contributed by atoms with E-state index in [1.54, 1.807) is 24.3 Å². The third-order valence-electron chi connectivity index (χ3n) is 4.31. The first-order valence-corrected chi connectivity index (χ1v) is 9.32. The molecule has 162 valence electrons. The van der Waals surface area contributed by atoms with Gasteiger partial charge in [0.1, 0.15) is 17.1 Å². The molecule has 0 unspecified atom stereocenters. The Hall–Kier alpha value is -4.02. The Morgan fingerprint density at radius 1 is 1.06 bits per heavy atom. The maximum Gasteiger partial charge on any atom is 0.344 e. The zero-order valence-electron chi connectivity index (χ0n) is 17.3. The van der Waals surface area contributed by atoms with Gasteiger partial charge in [-0.15, -0.1) is 10.2 Å². The third kappa shape index (κ3) is 4.44. The van der Waals surface area contributed by atoms with E-state index in [2.05, 4.69) is 15.5 Å². The van der Waals surface area contributed by atoms with Crippen LogP contribution in [0.1, 0.15) is 56.5 Å². The monoisotopic (exact) mass is 428 g/mol. The van der Waals surface area contributed by atoms with Gasteiger partial charge in [0.15, 0.2) is 18.0 Å². The number of carbonyl (C=O) groups excluding carboxylic acids is 4. The Bertz CT molecular complexity index is 1190. The number of pyridine rings is 1. The molecule has 11 heteroatoms. The molecule has 1 amide bonds. The van der Waals surface area contributed by atoms with Crippen LogP contribution in [0.3, 0.4) is 0 Å². The number of nitrogens with one attached hydrogen (secondary N) is 1. The zero-order chi connectivity index (χ0) is 22.7. The maximum atomic E-state index is 12.3. The van der Waals surface area contributed by atoms with Crippen molar-refractivity contribution in [2.75, 3.05) is 18.5 Å². The molecule has 0 bridgehead atoms. The van der Waals surface area contributed by atoms with Gasteiger partial charge in [-0.1, -0.05) is 0 Å². The van der Waals surface area contributed by atoms with Crippen LogP contribution in [0, 0.1) is 13.8 Å². The highest BCUT2D eigenvalue weighted by Crippen LogP contribution is 2.28. The topological polar surface area (TPSA) is 142 Å². The van der Waals surface area contributed by atoms with E-state index in [-0.39, 0.29) is 34.9 Å². The van der Waals surface area contributed by atoms with E-state index in [4.69, 9.17) is 13.9 Å². The summed E-state index contributed by atoms with van der Waals surface area (Å²) in [5.41, 5.74) is 0.597. The fourth-order valence-electron chi connectivity index (χ4n) is 2.96. The van der Waals surface area contributed by atoms with E-state index < -0.39 is 30.2 Å². The lowest BCUT2D eigenvalue weighted by molar-refractivity contribution is -0.119. The van der Waals surface area contributed by atoms with Gasteiger partial charge in [-0.25, -0.2) is 9.59 Å². The van der Waals surface area contributed by atoms with Gasteiger partial charge in [0.2, 0.25) is 5.88 Å². The largest absolute Gasteiger partial charge is 0.462 e. The van der Waals surface area contributed by atoms with Crippen LogP contribution in [0.2, 0.25) is 0 Å². The summed E-state index contributed by atoms with van der Waals surface area (Å²) in [5, 5.41) is 10.2. The van der Waals surface area contributed by atoms with Gasteiger partial charge in [-0.2, -0.15) is 0 Å². The van der Waals surface area contributed by atoms with Crippen molar-refractivity contribution >= 4 is 35.2 Å². The van der Waals surface area contributed by atoms with Crippen LogP contribution < -0.4 is 5.32 Å². The number of rotatable bonds is 7. The molecular formula is C20H20N4O7. The van der Waals surface area contributed by atoms with Crippen molar-refractivity contribution in [2.24, 2.45) is 0 Å². The molecule has 0 spiro atoms. The molecule has 3 heterocycles. The molecule has 0 aliphatic heterocycles. The average molecular weight is 428 g/mol. The lowest BCUT2D eigenvalue weighted by Crippen LogP contribution is -2.22. The Morgan fingerprint density at radius 3 is 2.48 bits per heavy atom. The van der Waals surface area contributed by atoms with Gasteiger partial charge in [0.25, 0.3) is 5.91 Å². The Morgan fingerprint density at radius 2 is 1.81 bits per heavy atom. The number of nitrogens with zero attached hydrogens (tertiary/aromatic N) is 3. The Labute approximate surface area is 176 Å². The van der Waals surface area contributed by atoms with E-state index in [1.807, 2.05) is 0 Å². The van der Waals surface area contributed by atoms with Gasteiger partial charge in [-0.05, 0) is 39.8 Å². The number of aromatic nitrogens is 3. The van der Waals surface area contributed by atoms with E-state index in [0.29, 0.717) is 11.5 Å². The Kier molecular flexibility index (Phi) is 6.14. The van der Waals surface area contributed by atoms with Crippen LogP contribution in [-0.2, 0) is 14.3 Å². The molecule has 0 fully saturated rings. The molecule has 0 atom stereocenters. The number of anilines is 1. The quantitative estimate of drug-likeness (QED) is 0.442. The molecule has 11 nitrogen and oxygen atoms in total. The molecule has 1 N–H and O–H groups in total. The average Bonchev–Trinajstić information content (AvgIpc) is 3.25. The predicted octanol–water partition coefficient (Wildman–Crippen LogP) is 2.11. The molecule has 0 aliphatic rings. The standard InChI is InChI=1S/C20H20N4O7/c1-5-29-20(28)17-16(10(2)25)11(3)31-18(17)21-15(26)9-30-19(27)13-6-7-14-23-22-12(4)24(14)8-13/h6-8H,5,9H2,1-4H3,(H,21,26). The van der Waals surface area contributed by atoms with Crippen molar-refractivity contribution in [1.29, 1.82) is 0 Å². The SMILES string of the molecule is CCOC(=O)c1c(NC(=O)COC(=O)c2ccc3nnc(C)n3c2)oc(C)c1C(C)=O. The van der Waals surface area contributed by atoms with E-state index in [9.17, 15) is 19.2 Å². The van der Waals surface area contributed by atoms with Crippen molar-refractivity contribution in [2.45, 2.75) is 27.7 Å². The first-order chi connectivity index (χ1) is 14.7. The number of hydrogen-bond acceptors (Lipinski definition) is 9. The van der Waals surface area contributed by atoms with E-state index >= 15 is 0 Å². The van der Waals surface area contributed by atoms with Crippen molar-refractivity contribution in [3.05, 3.63) is 46.6 Å². The fourth-order valence-corrected chi connectivity index (χ4v) is 2.96. The zero-order valence-corrected chi connectivity index (χ0v) is 17.3. The predicted molar refractivity (Wildman–Crippen MR) is 106 cm³/mol. The van der Waals surface area contributed by atoms with Gasteiger partial charge < -0.3 is 13.9 Å². The number of hydrogen-bond donors (Lipinski definition) is 1. The molecule has 0 aliphatic carbocycles. The highest BCUT2D eigenvalue weighted by atomic mass is 16.5. The number of fused-ring (bicyclic) bond motifs is 1. The highest BCUT2D eigenvalue weighted by Gasteiger charge is 2.29. The summed E-state index contributed by atoms with van der Waals surface area (Å²) in [6.07, 6.45) is 1.50. The number of esters is 2. The highest BCUT2D eigenvalue weighted by molar-refractivity contribution is 6.10. The van der Waals surface area contributed by atoms with Crippen LogP contribution in [0.5, 0.6) is 0 Å². The van der Waals surface area contributed by atoms with E-state index in [1.165, 1.54) is 26.1 Å². The van der Waals surface area contributed by atoms with Crippen LogP contribution in [-0.4, -0.2) is 51.4 Å². The lowest BCUT2D eigenvalue weighted by Gasteiger charge is -2.07. The second-order valence-electron chi connectivity index (χ2n) is 6.53. The molecule has 31 heavy (non-hydrogen) atoms. The number of aryl methyl sites for hydroxylation is 2. The van der Waals surface area contributed by atoms with Gasteiger partial charge in [0.05, 0.1) is 17.7 Å². The second kappa shape index (κ2) is 8.78.